The molecule has 7 heteroatoms. The average molecular weight is 373 g/mol. The average Bonchev–Trinajstić information content (AvgIpc) is 3.46. The molecular weight excluding hydrogens is 352 g/mol. The first kappa shape index (κ1) is 19.0. The van der Waals surface area contributed by atoms with Gasteiger partial charge in [-0.3, -0.25) is 9.59 Å². The van der Waals surface area contributed by atoms with Crippen molar-refractivity contribution in [2.75, 3.05) is 11.9 Å². The highest BCUT2D eigenvalue weighted by Gasteiger charge is 2.25. The van der Waals surface area contributed by atoms with Crippen molar-refractivity contribution in [2.24, 2.45) is 0 Å². The van der Waals surface area contributed by atoms with E-state index in [-0.39, 0.29) is 30.4 Å². The topological polar surface area (TPSA) is 70.2 Å². The maximum absolute atomic E-state index is 13.3. The summed E-state index contributed by atoms with van der Waals surface area (Å²) in [6.45, 7) is 1.70. The van der Waals surface area contributed by atoms with Crippen molar-refractivity contribution in [3.05, 3.63) is 65.2 Å². The highest BCUT2D eigenvalue weighted by molar-refractivity contribution is 6.04. The maximum atomic E-state index is 13.3. The van der Waals surface area contributed by atoms with E-state index in [0.29, 0.717) is 16.8 Å². The molecule has 1 aliphatic carbocycles. The third-order valence-electron chi connectivity index (χ3n) is 4.37. The van der Waals surface area contributed by atoms with Crippen molar-refractivity contribution in [3.8, 4) is 0 Å². The Bertz CT molecular complexity index is 853. The van der Waals surface area contributed by atoms with Crippen LogP contribution in [0.2, 0.25) is 0 Å². The normalized spacial score (nSPS) is 14.5. The van der Waals surface area contributed by atoms with Gasteiger partial charge < -0.3 is 16.0 Å². The summed E-state index contributed by atoms with van der Waals surface area (Å²) in [7, 11) is 0. The fraction of sp³-hybridized carbons (Fsp3) is 0.300. The van der Waals surface area contributed by atoms with Crippen LogP contribution in [-0.2, 0) is 4.79 Å². The minimum atomic E-state index is -0.929. The zero-order valence-electron chi connectivity index (χ0n) is 14.9. The lowest BCUT2D eigenvalue weighted by molar-refractivity contribution is -0.115. The molecule has 1 fully saturated rings. The molecule has 2 aromatic rings. The van der Waals surface area contributed by atoms with Crippen molar-refractivity contribution >= 4 is 17.5 Å². The van der Waals surface area contributed by atoms with Crippen LogP contribution in [0.5, 0.6) is 0 Å². The van der Waals surface area contributed by atoms with E-state index in [2.05, 4.69) is 16.0 Å². The van der Waals surface area contributed by atoms with E-state index in [1.807, 2.05) is 0 Å². The van der Waals surface area contributed by atoms with Crippen molar-refractivity contribution in [3.63, 3.8) is 0 Å². The van der Waals surface area contributed by atoms with Gasteiger partial charge in [-0.1, -0.05) is 18.2 Å². The first-order chi connectivity index (χ1) is 12.9. The molecule has 1 atom stereocenters. The number of carbonyl (C=O) groups is 2. The van der Waals surface area contributed by atoms with Gasteiger partial charge in [0.2, 0.25) is 5.91 Å². The van der Waals surface area contributed by atoms with Crippen molar-refractivity contribution in [1.29, 1.82) is 0 Å². The highest BCUT2D eigenvalue weighted by atomic mass is 19.2. The van der Waals surface area contributed by atoms with E-state index in [0.717, 1.165) is 25.0 Å². The van der Waals surface area contributed by atoms with Gasteiger partial charge in [0, 0.05) is 12.1 Å². The number of para-hydroxylation sites is 1. The molecule has 0 aliphatic heterocycles. The van der Waals surface area contributed by atoms with Gasteiger partial charge in [0.1, 0.15) is 0 Å². The quantitative estimate of drug-likeness (QED) is 0.698. The number of amides is 2. The number of anilines is 1. The molecule has 5 nitrogen and oxygen atoms in total. The van der Waals surface area contributed by atoms with Crippen LogP contribution >= 0.6 is 0 Å². The van der Waals surface area contributed by atoms with Crippen LogP contribution in [0.25, 0.3) is 0 Å². The van der Waals surface area contributed by atoms with Gasteiger partial charge in [0.25, 0.3) is 5.91 Å². The zero-order valence-corrected chi connectivity index (χ0v) is 14.9. The highest BCUT2D eigenvalue weighted by Crippen LogP contribution is 2.21. The van der Waals surface area contributed by atoms with Crippen LogP contribution in [-0.4, -0.2) is 24.4 Å². The van der Waals surface area contributed by atoms with E-state index in [9.17, 15) is 18.4 Å². The summed E-state index contributed by atoms with van der Waals surface area (Å²) in [4.78, 5) is 24.5. The monoisotopic (exact) mass is 373 g/mol. The zero-order chi connectivity index (χ0) is 19.4. The van der Waals surface area contributed by atoms with Crippen molar-refractivity contribution < 1.29 is 18.4 Å². The van der Waals surface area contributed by atoms with E-state index in [1.165, 1.54) is 6.07 Å². The Morgan fingerprint density at radius 1 is 1.11 bits per heavy atom. The van der Waals surface area contributed by atoms with E-state index < -0.39 is 11.6 Å². The Balaban J connectivity index is 1.57. The second-order valence-corrected chi connectivity index (χ2v) is 6.62. The second kappa shape index (κ2) is 8.26. The molecule has 0 spiro atoms. The van der Waals surface area contributed by atoms with E-state index >= 15 is 0 Å². The molecule has 0 bridgehead atoms. The molecule has 0 saturated heterocycles. The molecular formula is C20H21F2N3O2. The van der Waals surface area contributed by atoms with Crippen LogP contribution in [0.1, 0.15) is 41.7 Å². The predicted octanol–water partition coefficient (Wildman–Crippen LogP) is 3.15. The fourth-order valence-electron chi connectivity index (χ4n) is 2.62. The molecule has 0 heterocycles. The molecule has 1 aliphatic rings. The first-order valence-electron chi connectivity index (χ1n) is 8.82. The number of hydrogen-bond acceptors (Lipinski definition) is 3. The summed E-state index contributed by atoms with van der Waals surface area (Å²) < 4.78 is 26.3. The number of halogens is 2. The van der Waals surface area contributed by atoms with Gasteiger partial charge in [-0.2, -0.15) is 0 Å². The number of nitrogens with one attached hydrogen (secondary N) is 3. The van der Waals surface area contributed by atoms with Crippen molar-refractivity contribution in [1.82, 2.24) is 10.6 Å². The first-order valence-corrected chi connectivity index (χ1v) is 8.82. The number of rotatable bonds is 7. The fourth-order valence-corrected chi connectivity index (χ4v) is 2.62. The number of hydrogen-bond donors (Lipinski definition) is 3. The molecule has 142 valence electrons. The standard InChI is InChI=1S/C20H21F2N3O2/c1-12(13-6-9-16(21)17(22)10-13)23-11-19(26)25-18-5-3-2-4-15(18)20(27)24-14-7-8-14/h2-6,9-10,12,14,23H,7-8,11H2,1H3,(H,24,27)(H,25,26)/t12-/m1/s1. The summed E-state index contributed by atoms with van der Waals surface area (Å²) in [5, 5.41) is 8.56. The number of carbonyl (C=O) groups excluding carboxylic acids is 2. The summed E-state index contributed by atoms with van der Waals surface area (Å²) >= 11 is 0. The summed E-state index contributed by atoms with van der Waals surface area (Å²) in [6, 6.07) is 10.3. The smallest absolute Gasteiger partial charge is 0.253 e. The summed E-state index contributed by atoms with van der Waals surface area (Å²) in [5.41, 5.74) is 1.38. The molecule has 3 N–H and O–H groups in total. The summed E-state index contributed by atoms with van der Waals surface area (Å²) in [6.07, 6.45) is 1.96. The molecule has 27 heavy (non-hydrogen) atoms. The lowest BCUT2D eigenvalue weighted by Gasteiger charge is -2.15. The minimum Gasteiger partial charge on any atom is -0.349 e. The van der Waals surface area contributed by atoms with Crippen LogP contribution < -0.4 is 16.0 Å². The van der Waals surface area contributed by atoms with Crippen LogP contribution in [0.3, 0.4) is 0 Å². The van der Waals surface area contributed by atoms with Gasteiger partial charge in [0.05, 0.1) is 17.8 Å². The molecule has 0 aromatic heterocycles. The Labute approximate surface area is 156 Å². The minimum absolute atomic E-state index is 0.0429. The molecule has 2 aromatic carbocycles. The Hall–Kier alpha value is -2.80. The van der Waals surface area contributed by atoms with E-state index in [1.54, 1.807) is 31.2 Å². The van der Waals surface area contributed by atoms with Gasteiger partial charge in [-0.05, 0) is 49.6 Å². The third kappa shape index (κ3) is 5.10. The Morgan fingerprint density at radius 2 is 1.85 bits per heavy atom. The molecule has 3 rings (SSSR count). The van der Waals surface area contributed by atoms with Crippen molar-refractivity contribution in [2.45, 2.75) is 31.8 Å². The Morgan fingerprint density at radius 3 is 2.56 bits per heavy atom. The molecule has 0 unspecified atom stereocenters. The molecule has 1 saturated carbocycles. The van der Waals surface area contributed by atoms with Gasteiger partial charge in [-0.15, -0.1) is 0 Å². The van der Waals surface area contributed by atoms with Crippen LogP contribution in [0, 0.1) is 11.6 Å². The van der Waals surface area contributed by atoms with Gasteiger partial charge in [0.15, 0.2) is 11.6 Å². The summed E-state index contributed by atoms with van der Waals surface area (Å²) in [5.74, 6) is -2.39. The van der Waals surface area contributed by atoms with E-state index in [4.69, 9.17) is 0 Å². The predicted molar refractivity (Wildman–Crippen MR) is 98.3 cm³/mol. The largest absolute Gasteiger partial charge is 0.349 e. The lowest BCUT2D eigenvalue weighted by Crippen LogP contribution is -2.31. The molecule has 0 radical (unpaired) electrons. The van der Waals surface area contributed by atoms with Gasteiger partial charge in [-0.25, -0.2) is 8.78 Å². The maximum Gasteiger partial charge on any atom is 0.253 e. The Kier molecular flexibility index (Phi) is 5.81. The molecule has 2 amide bonds. The van der Waals surface area contributed by atoms with Crippen LogP contribution in [0.15, 0.2) is 42.5 Å². The lowest BCUT2D eigenvalue weighted by atomic mass is 10.1. The number of benzene rings is 2. The third-order valence-corrected chi connectivity index (χ3v) is 4.37. The SMILES string of the molecule is C[C@@H](NCC(=O)Nc1ccccc1C(=O)NC1CC1)c1ccc(F)c(F)c1. The van der Waals surface area contributed by atoms with Gasteiger partial charge >= 0.3 is 0 Å². The van der Waals surface area contributed by atoms with Crippen LogP contribution in [0.4, 0.5) is 14.5 Å². The second-order valence-electron chi connectivity index (χ2n) is 6.62.